The molecule has 0 rings (SSSR count). The number of carboxylic acid groups (broad SMARTS) is 1. The molecule has 21 heavy (non-hydrogen) atoms. The number of carboxylic acids is 1. The Morgan fingerprint density at radius 1 is 1.14 bits per heavy atom. The SMILES string of the molecule is CC(C)CN(CCN(C)C)C(=O)N[C@@H](C(=O)O)C(C)(C)C. The van der Waals surface area contributed by atoms with E-state index in [1.54, 1.807) is 25.7 Å². The summed E-state index contributed by atoms with van der Waals surface area (Å²) in [5, 5.41) is 12.0. The number of nitrogens with one attached hydrogen (secondary N) is 1. The largest absolute Gasteiger partial charge is 0.480 e. The monoisotopic (exact) mass is 301 g/mol. The molecule has 0 spiro atoms. The molecule has 0 radical (unpaired) electrons. The number of aliphatic carboxylic acids is 1. The number of carbonyl (C=O) groups excluding carboxylic acids is 1. The van der Waals surface area contributed by atoms with Crippen LogP contribution in [0.15, 0.2) is 0 Å². The molecule has 124 valence electrons. The molecule has 2 N–H and O–H groups in total. The highest BCUT2D eigenvalue weighted by Gasteiger charge is 2.33. The van der Waals surface area contributed by atoms with Crippen LogP contribution in [0.4, 0.5) is 4.79 Å². The van der Waals surface area contributed by atoms with Crippen molar-refractivity contribution in [2.24, 2.45) is 11.3 Å². The highest BCUT2D eigenvalue weighted by atomic mass is 16.4. The molecule has 0 aromatic rings. The van der Waals surface area contributed by atoms with Gasteiger partial charge in [-0.15, -0.1) is 0 Å². The Hall–Kier alpha value is -1.30. The van der Waals surface area contributed by atoms with Crippen LogP contribution in [-0.4, -0.2) is 66.7 Å². The van der Waals surface area contributed by atoms with E-state index in [0.717, 1.165) is 6.54 Å². The number of amides is 2. The standard InChI is InChI=1S/C15H31N3O3/c1-11(2)10-18(9-8-17(6)7)14(21)16-12(13(19)20)15(3,4)5/h11-12H,8-10H2,1-7H3,(H,16,21)(H,19,20)/t12-/m0/s1. The van der Waals surface area contributed by atoms with Gasteiger partial charge in [-0.2, -0.15) is 0 Å². The normalized spacial score (nSPS) is 13.4. The molecule has 6 heteroatoms. The van der Waals surface area contributed by atoms with Gasteiger partial charge in [0.1, 0.15) is 6.04 Å². The third kappa shape index (κ3) is 7.90. The van der Waals surface area contributed by atoms with Crippen LogP contribution in [0.2, 0.25) is 0 Å². The van der Waals surface area contributed by atoms with Crippen LogP contribution in [0.3, 0.4) is 0 Å². The molecular formula is C15H31N3O3. The van der Waals surface area contributed by atoms with Gasteiger partial charge in [-0.1, -0.05) is 34.6 Å². The van der Waals surface area contributed by atoms with Crippen molar-refractivity contribution in [3.8, 4) is 0 Å². The van der Waals surface area contributed by atoms with E-state index in [0.29, 0.717) is 19.0 Å². The summed E-state index contributed by atoms with van der Waals surface area (Å²) in [7, 11) is 3.89. The fourth-order valence-electron chi connectivity index (χ4n) is 1.90. The van der Waals surface area contributed by atoms with Crippen LogP contribution in [0.1, 0.15) is 34.6 Å². The van der Waals surface area contributed by atoms with Crippen LogP contribution in [0, 0.1) is 11.3 Å². The summed E-state index contributed by atoms with van der Waals surface area (Å²) in [5.74, 6) is -0.677. The number of nitrogens with zero attached hydrogens (tertiary/aromatic N) is 2. The van der Waals surface area contributed by atoms with E-state index in [4.69, 9.17) is 0 Å². The Bertz CT molecular complexity index is 349. The molecule has 0 heterocycles. The quantitative estimate of drug-likeness (QED) is 0.751. The molecular weight excluding hydrogens is 270 g/mol. The zero-order chi connectivity index (χ0) is 16.8. The van der Waals surface area contributed by atoms with Crippen molar-refractivity contribution in [3.63, 3.8) is 0 Å². The first-order chi connectivity index (χ1) is 9.45. The molecule has 0 aromatic carbocycles. The van der Waals surface area contributed by atoms with Gasteiger partial charge in [0.25, 0.3) is 0 Å². The lowest BCUT2D eigenvalue weighted by Gasteiger charge is -2.32. The average Bonchev–Trinajstić information content (AvgIpc) is 2.28. The summed E-state index contributed by atoms with van der Waals surface area (Å²) in [4.78, 5) is 27.4. The van der Waals surface area contributed by atoms with Crippen LogP contribution in [0.5, 0.6) is 0 Å². The van der Waals surface area contributed by atoms with E-state index < -0.39 is 17.4 Å². The molecule has 0 fully saturated rings. The van der Waals surface area contributed by atoms with Crippen LogP contribution in [-0.2, 0) is 4.79 Å². The van der Waals surface area contributed by atoms with Gasteiger partial charge in [-0.25, -0.2) is 9.59 Å². The van der Waals surface area contributed by atoms with Crippen molar-refractivity contribution in [3.05, 3.63) is 0 Å². The fraction of sp³-hybridized carbons (Fsp3) is 0.867. The van der Waals surface area contributed by atoms with E-state index in [2.05, 4.69) is 5.32 Å². The van der Waals surface area contributed by atoms with E-state index in [-0.39, 0.29) is 6.03 Å². The maximum absolute atomic E-state index is 12.4. The molecule has 0 saturated heterocycles. The summed E-state index contributed by atoms with van der Waals surface area (Å²) in [6.45, 7) is 11.4. The van der Waals surface area contributed by atoms with Crippen LogP contribution < -0.4 is 5.32 Å². The molecule has 0 aliphatic rings. The Morgan fingerprint density at radius 2 is 1.67 bits per heavy atom. The third-order valence-electron chi connectivity index (χ3n) is 3.07. The number of carbonyl (C=O) groups is 2. The summed E-state index contributed by atoms with van der Waals surface area (Å²) in [5.41, 5.74) is -0.535. The smallest absolute Gasteiger partial charge is 0.326 e. The third-order valence-corrected chi connectivity index (χ3v) is 3.07. The Balaban J connectivity index is 4.89. The number of rotatable bonds is 7. The van der Waals surface area contributed by atoms with Gasteiger partial charge in [-0.05, 0) is 25.4 Å². The van der Waals surface area contributed by atoms with Crippen LogP contribution >= 0.6 is 0 Å². The Kier molecular flexibility index (Phi) is 7.71. The van der Waals surface area contributed by atoms with Gasteiger partial charge in [0.15, 0.2) is 0 Å². The molecule has 0 aromatic heterocycles. The van der Waals surface area contributed by atoms with Gasteiger partial charge in [0.05, 0.1) is 0 Å². The Labute approximate surface area is 128 Å². The molecule has 0 aliphatic carbocycles. The topological polar surface area (TPSA) is 72.9 Å². The van der Waals surface area contributed by atoms with E-state index in [1.165, 1.54) is 0 Å². The molecule has 0 aliphatic heterocycles. The molecule has 0 unspecified atom stereocenters. The van der Waals surface area contributed by atoms with Crippen LogP contribution in [0.25, 0.3) is 0 Å². The lowest BCUT2D eigenvalue weighted by Crippen LogP contribution is -2.54. The van der Waals surface area contributed by atoms with Crippen molar-refractivity contribution in [1.29, 1.82) is 0 Å². The minimum atomic E-state index is -1.01. The van der Waals surface area contributed by atoms with Gasteiger partial charge in [0.2, 0.25) is 0 Å². The van der Waals surface area contributed by atoms with Crippen molar-refractivity contribution in [2.75, 3.05) is 33.7 Å². The Morgan fingerprint density at radius 3 is 2.00 bits per heavy atom. The highest BCUT2D eigenvalue weighted by Crippen LogP contribution is 2.19. The minimum absolute atomic E-state index is 0.312. The maximum Gasteiger partial charge on any atom is 0.326 e. The number of hydrogen-bond donors (Lipinski definition) is 2. The predicted octanol–water partition coefficient (Wildman–Crippen LogP) is 1.71. The van der Waals surface area contributed by atoms with Gasteiger partial charge in [-0.3, -0.25) is 0 Å². The van der Waals surface area contributed by atoms with Gasteiger partial charge >= 0.3 is 12.0 Å². The second-order valence-electron chi connectivity index (χ2n) is 7.23. The second-order valence-corrected chi connectivity index (χ2v) is 7.23. The zero-order valence-electron chi connectivity index (χ0n) is 14.4. The van der Waals surface area contributed by atoms with E-state index >= 15 is 0 Å². The number of hydrogen-bond acceptors (Lipinski definition) is 3. The molecule has 0 saturated carbocycles. The average molecular weight is 301 g/mol. The minimum Gasteiger partial charge on any atom is -0.480 e. The second kappa shape index (κ2) is 8.22. The van der Waals surface area contributed by atoms with Crippen molar-refractivity contribution in [2.45, 2.75) is 40.7 Å². The van der Waals surface area contributed by atoms with E-state index in [1.807, 2.05) is 32.8 Å². The maximum atomic E-state index is 12.4. The molecule has 6 nitrogen and oxygen atoms in total. The number of likely N-dealkylation sites (N-methyl/N-ethyl adjacent to an activating group) is 1. The van der Waals surface area contributed by atoms with Crippen molar-refractivity contribution < 1.29 is 14.7 Å². The summed E-state index contributed by atoms with van der Waals surface area (Å²) in [6, 6.07) is -1.22. The summed E-state index contributed by atoms with van der Waals surface area (Å²) in [6.07, 6.45) is 0. The first kappa shape index (κ1) is 19.7. The lowest BCUT2D eigenvalue weighted by molar-refractivity contribution is -0.142. The molecule has 0 bridgehead atoms. The first-order valence-electron chi connectivity index (χ1n) is 7.38. The van der Waals surface area contributed by atoms with Gasteiger partial charge < -0.3 is 20.2 Å². The van der Waals surface area contributed by atoms with Gasteiger partial charge in [0, 0.05) is 19.6 Å². The molecule has 2 amide bonds. The van der Waals surface area contributed by atoms with E-state index in [9.17, 15) is 14.7 Å². The molecule has 1 atom stereocenters. The predicted molar refractivity (Wildman–Crippen MR) is 84.4 cm³/mol. The summed E-state index contributed by atoms with van der Waals surface area (Å²) < 4.78 is 0. The lowest BCUT2D eigenvalue weighted by atomic mass is 9.87. The summed E-state index contributed by atoms with van der Waals surface area (Å²) >= 11 is 0. The highest BCUT2D eigenvalue weighted by molar-refractivity contribution is 5.83. The first-order valence-corrected chi connectivity index (χ1v) is 7.38. The fourth-order valence-corrected chi connectivity index (χ4v) is 1.90. The van der Waals surface area contributed by atoms with Crippen molar-refractivity contribution >= 4 is 12.0 Å². The number of urea groups is 1. The zero-order valence-corrected chi connectivity index (χ0v) is 14.4. The van der Waals surface area contributed by atoms with Crippen molar-refractivity contribution in [1.82, 2.24) is 15.1 Å².